The number of hydrogen-bond donors (Lipinski definition) is 2. The molecule has 0 fully saturated rings. The lowest BCUT2D eigenvalue weighted by Crippen LogP contribution is -2.28. The number of methoxy groups -OCH3 is 3. The van der Waals surface area contributed by atoms with Gasteiger partial charge in [-0.15, -0.1) is 11.3 Å². The molecule has 0 aliphatic heterocycles. The summed E-state index contributed by atoms with van der Waals surface area (Å²) in [5.74, 6) is 2.05. The van der Waals surface area contributed by atoms with Gasteiger partial charge in [-0.25, -0.2) is 9.78 Å². The Morgan fingerprint density at radius 1 is 1.00 bits per heavy atom. The van der Waals surface area contributed by atoms with Crippen molar-refractivity contribution in [2.75, 3.05) is 26.6 Å². The maximum Gasteiger partial charge on any atom is 0.321 e. The van der Waals surface area contributed by atoms with E-state index in [1.807, 2.05) is 47.8 Å². The summed E-state index contributed by atoms with van der Waals surface area (Å²) in [6.45, 7) is 0.406. The maximum atomic E-state index is 12.1. The molecule has 0 bridgehead atoms. The van der Waals surface area contributed by atoms with Gasteiger partial charge in [0.2, 0.25) is 0 Å². The zero-order valence-electron chi connectivity index (χ0n) is 15.8. The summed E-state index contributed by atoms with van der Waals surface area (Å²) >= 11 is 1.35. The van der Waals surface area contributed by atoms with Gasteiger partial charge in [0.15, 0.2) is 16.6 Å². The molecule has 0 saturated carbocycles. The van der Waals surface area contributed by atoms with Gasteiger partial charge in [-0.2, -0.15) is 0 Å². The highest BCUT2D eigenvalue weighted by Gasteiger charge is 2.11. The fourth-order valence-corrected chi connectivity index (χ4v) is 3.24. The number of nitrogens with one attached hydrogen (secondary N) is 2. The minimum Gasteiger partial charge on any atom is -0.497 e. The van der Waals surface area contributed by atoms with Crippen LogP contribution in [0.25, 0.3) is 11.3 Å². The number of hydrogen-bond acceptors (Lipinski definition) is 6. The molecule has 2 N–H and O–H groups in total. The van der Waals surface area contributed by atoms with Crippen LogP contribution in [0.2, 0.25) is 0 Å². The lowest BCUT2D eigenvalue weighted by Gasteiger charge is -2.08. The van der Waals surface area contributed by atoms with Gasteiger partial charge in [-0.05, 0) is 35.9 Å². The number of benzene rings is 2. The maximum absolute atomic E-state index is 12.1. The van der Waals surface area contributed by atoms with Crippen molar-refractivity contribution in [3.05, 3.63) is 53.4 Å². The Labute approximate surface area is 167 Å². The summed E-state index contributed by atoms with van der Waals surface area (Å²) in [6, 6.07) is 12.8. The fourth-order valence-electron chi connectivity index (χ4n) is 2.53. The Morgan fingerprint density at radius 2 is 1.75 bits per heavy atom. The van der Waals surface area contributed by atoms with E-state index in [9.17, 15) is 4.79 Å². The summed E-state index contributed by atoms with van der Waals surface area (Å²) in [4.78, 5) is 16.6. The van der Waals surface area contributed by atoms with Crippen molar-refractivity contribution in [2.45, 2.75) is 6.54 Å². The number of aromatic nitrogens is 1. The van der Waals surface area contributed by atoms with Crippen molar-refractivity contribution in [3.8, 4) is 28.5 Å². The van der Waals surface area contributed by atoms with Gasteiger partial charge in [0.1, 0.15) is 5.75 Å². The Bertz CT molecular complexity index is 941. The van der Waals surface area contributed by atoms with Crippen molar-refractivity contribution in [2.24, 2.45) is 0 Å². The minimum absolute atomic E-state index is 0.316. The average Bonchev–Trinajstić information content (AvgIpc) is 3.20. The largest absolute Gasteiger partial charge is 0.497 e. The van der Waals surface area contributed by atoms with E-state index in [1.165, 1.54) is 11.3 Å². The standard InChI is InChI=1S/C20H21N3O4S/c1-25-15-7-4-13(5-8-15)11-21-19(24)23-20-22-16(12-28-20)14-6-9-17(26-2)18(10-14)27-3/h4-10,12H,11H2,1-3H3,(H2,21,22,23,24). The fraction of sp³-hybridized carbons (Fsp3) is 0.200. The van der Waals surface area contributed by atoms with Gasteiger partial charge in [-0.3, -0.25) is 5.32 Å². The molecular weight excluding hydrogens is 378 g/mol. The molecule has 0 saturated heterocycles. The number of amides is 2. The van der Waals surface area contributed by atoms with E-state index in [4.69, 9.17) is 14.2 Å². The molecule has 0 radical (unpaired) electrons. The van der Waals surface area contributed by atoms with E-state index < -0.39 is 0 Å². The molecule has 2 amide bonds. The number of nitrogens with zero attached hydrogens (tertiary/aromatic N) is 1. The number of rotatable bonds is 7. The molecule has 1 aromatic heterocycles. The van der Waals surface area contributed by atoms with Gasteiger partial charge in [0.05, 0.1) is 27.0 Å². The number of anilines is 1. The molecule has 28 heavy (non-hydrogen) atoms. The van der Waals surface area contributed by atoms with E-state index >= 15 is 0 Å². The lowest BCUT2D eigenvalue weighted by atomic mass is 10.1. The molecule has 1 heterocycles. The Morgan fingerprint density at radius 3 is 2.43 bits per heavy atom. The van der Waals surface area contributed by atoms with Gasteiger partial charge < -0.3 is 19.5 Å². The molecule has 0 spiro atoms. The highest BCUT2D eigenvalue weighted by Crippen LogP contribution is 2.33. The molecule has 3 aromatic rings. The van der Waals surface area contributed by atoms with Crippen LogP contribution < -0.4 is 24.8 Å². The predicted molar refractivity (Wildman–Crippen MR) is 110 cm³/mol. The smallest absolute Gasteiger partial charge is 0.321 e. The number of ether oxygens (including phenoxy) is 3. The number of carbonyl (C=O) groups is 1. The quantitative estimate of drug-likeness (QED) is 0.624. The SMILES string of the molecule is COc1ccc(CNC(=O)Nc2nc(-c3ccc(OC)c(OC)c3)cs2)cc1. The first kappa shape index (κ1) is 19.5. The van der Waals surface area contributed by atoms with E-state index in [1.54, 1.807) is 21.3 Å². The molecule has 0 aliphatic rings. The van der Waals surface area contributed by atoms with Crippen molar-refractivity contribution in [3.63, 3.8) is 0 Å². The average molecular weight is 399 g/mol. The third-order valence-corrected chi connectivity index (χ3v) is 4.77. The molecule has 2 aromatic carbocycles. The van der Waals surface area contributed by atoms with E-state index in [-0.39, 0.29) is 6.03 Å². The van der Waals surface area contributed by atoms with Crippen LogP contribution in [0.4, 0.5) is 9.93 Å². The lowest BCUT2D eigenvalue weighted by molar-refractivity contribution is 0.251. The summed E-state index contributed by atoms with van der Waals surface area (Å²) < 4.78 is 15.7. The van der Waals surface area contributed by atoms with Crippen LogP contribution in [-0.2, 0) is 6.54 Å². The molecule has 8 heteroatoms. The molecule has 7 nitrogen and oxygen atoms in total. The zero-order chi connectivity index (χ0) is 19.9. The van der Waals surface area contributed by atoms with Crippen LogP contribution in [0, 0.1) is 0 Å². The molecule has 0 unspecified atom stereocenters. The molecule has 0 aliphatic carbocycles. The number of thiazole rings is 1. The normalized spacial score (nSPS) is 10.2. The zero-order valence-corrected chi connectivity index (χ0v) is 16.6. The van der Waals surface area contributed by atoms with Gasteiger partial charge in [-0.1, -0.05) is 12.1 Å². The number of urea groups is 1. The first-order chi connectivity index (χ1) is 13.6. The molecular formula is C20H21N3O4S. The Balaban J connectivity index is 1.60. The van der Waals surface area contributed by atoms with Crippen molar-refractivity contribution >= 4 is 22.5 Å². The van der Waals surface area contributed by atoms with Gasteiger partial charge >= 0.3 is 6.03 Å². The van der Waals surface area contributed by atoms with Crippen LogP contribution in [0.5, 0.6) is 17.2 Å². The molecule has 3 rings (SSSR count). The second-order valence-electron chi connectivity index (χ2n) is 5.76. The van der Waals surface area contributed by atoms with Crippen LogP contribution in [0.15, 0.2) is 47.8 Å². The van der Waals surface area contributed by atoms with Crippen molar-refractivity contribution in [1.29, 1.82) is 0 Å². The summed E-state index contributed by atoms with van der Waals surface area (Å²) in [6.07, 6.45) is 0. The van der Waals surface area contributed by atoms with E-state index in [0.29, 0.717) is 23.2 Å². The Kier molecular flexibility index (Phi) is 6.33. The van der Waals surface area contributed by atoms with Crippen molar-refractivity contribution < 1.29 is 19.0 Å². The number of carbonyl (C=O) groups excluding carboxylic acids is 1. The first-order valence-electron chi connectivity index (χ1n) is 8.48. The molecule has 0 atom stereocenters. The van der Waals surface area contributed by atoms with Crippen LogP contribution in [0.1, 0.15) is 5.56 Å². The second kappa shape index (κ2) is 9.09. The highest BCUT2D eigenvalue weighted by molar-refractivity contribution is 7.14. The summed E-state index contributed by atoms with van der Waals surface area (Å²) in [7, 11) is 4.79. The third kappa shape index (κ3) is 4.72. The Hall–Kier alpha value is -3.26. The first-order valence-corrected chi connectivity index (χ1v) is 9.36. The van der Waals surface area contributed by atoms with E-state index in [2.05, 4.69) is 15.6 Å². The van der Waals surface area contributed by atoms with Crippen LogP contribution in [-0.4, -0.2) is 32.3 Å². The van der Waals surface area contributed by atoms with E-state index in [0.717, 1.165) is 22.6 Å². The van der Waals surface area contributed by atoms with Gasteiger partial charge in [0, 0.05) is 17.5 Å². The summed E-state index contributed by atoms with van der Waals surface area (Å²) in [5.41, 5.74) is 2.60. The third-order valence-electron chi connectivity index (χ3n) is 4.02. The monoisotopic (exact) mass is 399 g/mol. The van der Waals surface area contributed by atoms with Crippen LogP contribution >= 0.6 is 11.3 Å². The summed E-state index contributed by atoms with van der Waals surface area (Å²) in [5, 5.41) is 7.95. The second-order valence-corrected chi connectivity index (χ2v) is 6.62. The van der Waals surface area contributed by atoms with Gasteiger partial charge in [0.25, 0.3) is 0 Å². The topological polar surface area (TPSA) is 81.7 Å². The van der Waals surface area contributed by atoms with Crippen LogP contribution in [0.3, 0.4) is 0 Å². The highest BCUT2D eigenvalue weighted by atomic mass is 32.1. The molecule has 146 valence electrons. The van der Waals surface area contributed by atoms with Crippen molar-refractivity contribution in [1.82, 2.24) is 10.3 Å². The minimum atomic E-state index is -0.316. The predicted octanol–water partition coefficient (Wildman–Crippen LogP) is 4.16.